The van der Waals surface area contributed by atoms with Gasteiger partial charge in [-0.2, -0.15) is 0 Å². The number of carbonyl (C=O) groups excluding carboxylic acids is 1. The molecule has 28 heavy (non-hydrogen) atoms. The van der Waals surface area contributed by atoms with Crippen LogP contribution in [0.5, 0.6) is 0 Å². The largest absolute Gasteiger partial charge is 0.451 e. The van der Waals surface area contributed by atoms with Gasteiger partial charge in [-0.15, -0.1) is 0 Å². The number of anilines is 1. The number of halogens is 1. The Balaban J connectivity index is 1.67. The second-order valence-electron chi connectivity index (χ2n) is 6.48. The van der Waals surface area contributed by atoms with Crippen LogP contribution in [0.3, 0.4) is 0 Å². The number of hydrogen-bond donors (Lipinski definition) is 2. The summed E-state index contributed by atoms with van der Waals surface area (Å²) < 4.78 is 5.66. The number of benzene rings is 2. The molecule has 1 aromatic heterocycles. The van der Waals surface area contributed by atoms with Crippen molar-refractivity contribution in [3.05, 3.63) is 77.0 Å². The summed E-state index contributed by atoms with van der Waals surface area (Å²) in [6, 6.07) is 18.5. The summed E-state index contributed by atoms with van der Waals surface area (Å²) in [7, 11) is 0. The lowest BCUT2D eigenvalue weighted by Crippen LogP contribution is -2.34. The normalized spacial score (nSPS) is 11.7. The SMILES string of the molecule is CC[C@@H](C)c1ccccc1NC(=S)NC(=O)c1ccc(-c2ccc(Cl)cc2)o1. The topological polar surface area (TPSA) is 54.3 Å². The standard InChI is InChI=1S/C22H21ClN2O2S/c1-3-14(2)17-6-4-5-7-18(17)24-22(28)25-21(26)20-13-12-19(27-20)15-8-10-16(23)11-9-15/h4-14H,3H2,1-2H3,(H2,24,25,26,28)/t14-/m1/s1. The maximum Gasteiger partial charge on any atom is 0.293 e. The molecule has 6 heteroatoms. The smallest absolute Gasteiger partial charge is 0.293 e. The third-order valence-electron chi connectivity index (χ3n) is 4.54. The molecule has 2 aromatic carbocycles. The van der Waals surface area contributed by atoms with E-state index in [2.05, 4.69) is 30.5 Å². The van der Waals surface area contributed by atoms with Crippen LogP contribution in [0.25, 0.3) is 11.3 Å². The van der Waals surface area contributed by atoms with Gasteiger partial charge in [-0.05, 0) is 72.6 Å². The lowest BCUT2D eigenvalue weighted by Gasteiger charge is -2.16. The highest BCUT2D eigenvalue weighted by molar-refractivity contribution is 7.80. The fourth-order valence-electron chi connectivity index (χ4n) is 2.81. The summed E-state index contributed by atoms with van der Waals surface area (Å²) in [4.78, 5) is 12.5. The molecule has 3 rings (SSSR count). The molecular weight excluding hydrogens is 392 g/mol. The van der Waals surface area contributed by atoms with E-state index < -0.39 is 5.91 Å². The summed E-state index contributed by atoms with van der Waals surface area (Å²) in [5.74, 6) is 0.750. The molecule has 4 nitrogen and oxygen atoms in total. The number of hydrogen-bond acceptors (Lipinski definition) is 3. The van der Waals surface area contributed by atoms with Gasteiger partial charge in [0.15, 0.2) is 10.9 Å². The molecule has 0 aliphatic rings. The van der Waals surface area contributed by atoms with E-state index >= 15 is 0 Å². The predicted molar refractivity (Wildman–Crippen MR) is 118 cm³/mol. The van der Waals surface area contributed by atoms with Gasteiger partial charge in [0.1, 0.15) is 5.76 Å². The number of carbonyl (C=O) groups is 1. The van der Waals surface area contributed by atoms with Crippen molar-refractivity contribution in [1.29, 1.82) is 0 Å². The summed E-state index contributed by atoms with van der Waals surface area (Å²) in [5, 5.41) is 6.65. The van der Waals surface area contributed by atoms with E-state index in [1.165, 1.54) is 0 Å². The zero-order valence-electron chi connectivity index (χ0n) is 15.7. The first-order valence-electron chi connectivity index (χ1n) is 9.05. The van der Waals surface area contributed by atoms with Crippen molar-refractivity contribution in [2.24, 2.45) is 0 Å². The Kier molecular flexibility index (Phi) is 6.49. The highest BCUT2D eigenvalue weighted by atomic mass is 35.5. The molecule has 144 valence electrons. The van der Waals surface area contributed by atoms with Gasteiger partial charge in [0.2, 0.25) is 0 Å². The van der Waals surface area contributed by atoms with E-state index in [1.807, 2.05) is 30.3 Å². The van der Waals surface area contributed by atoms with Gasteiger partial charge in [-0.25, -0.2) is 0 Å². The average Bonchev–Trinajstić information content (AvgIpc) is 3.18. The van der Waals surface area contributed by atoms with E-state index in [1.54, 1.807) is 24.3 Å². The van der Waals surface area contributed by atoms with Gasteiger partial charge in [-0.3, -0.25) is 10.1 Å². The minimum atomic E-state index is -0.404. The first-order valence-corrected chi connectivity index (χ1v) is 9.83. The lowest BCUT2D eigenvalue weighted by molar-refractivity contribution is 0.0951. The zero-order valence-corrected chi connectivity index (χ0v) is 17.2. The van der Waals surface area contributed by atoms with Crippen molar-refractivity contribution in [3.8, 4) is 11.3 Å². The van der Waals surface area contributed by atoms with Crippen LogP contribution in [0.2, 0.25) is 5.02 Å². The molecular formula is C22H21ClN2O2S. The van der Waals surface area contributed by atoms with Gasteiger partial charge < -0.3 is 9.73 Å². The van der Waals surface area contributed by atoms with Crippen LogP contribution in [0, 0.1) is 0 Å². The van der Waals surface area contributed by atoms with E-state index in [0.29, 0.717) is 16.7 Å². The Morgan fingerprint density at radius 2 is 1.82 bits per heavy atom. The van der Waals surface area contributed by atoms with E-state index in [4.69, 9.17) is 28.2 Å². The molecule has 0 bridgehead atoms. The van der Waals surface area contributed by atoms with Crippen LogP contribution >= 0.6 is 23.8 Å². The number of nitrogens with one attached hydrogen (secondary N) is 2. The van der Waals surface area contributed by atoms with Crippen molar-refractivity contribution < 1.29 is 9.21 Å². The Labute approximate surface area is 174 Å². The Morgan fingerprint density at radius 3 is 2.54 bits per heavy atom. The van der Waals surface area contributed by atoms with E-state index in [9.17, 15) is 4.79 Å². The number of furan rings is 1. The maximum absolute atomic E-state index is 12.5. The monoisotopic (exact) mass is 412 g/mol. The Bertz CT molecular complexity index is 982. The predicted octanol–water partition coefficient (Wildman–Crippen LogP) is 6.24. The number of amides is 1. The molecule has 3 aromatic rings. The summed E-state index contributed by atoms with van der Waals surface area (Å²) in [6.45, 7) is 4.29. The molecule has 0 radical (unpaired) electrons. The molecule has 0 saturated heterocycles. The molecule has 0 saturated carbocycles. The van der Waals surface area contributed by atoms with Crippen LogP contribution in [0.1, 0.15) is 42.3 Å². The second kappa shape index (κ2) is 9.04. The number of thiocarbonyl (C=S) groups is 1. The third-order valence-corrected chi connectivity index (χ3v) is 4.99. The van der Waals surface area contributed by atoms with Gasteiger partial charge >= 0.3 is 0 Å². The summed E-state index contributed by atoms with van der Waals surface area (Å²) in [5.41, 5.74) is 2.89. The number of para-hydroxylation sites is 1. The minimum Gasteiger partial charge on any atom is -0.451 e. The van der Waals surface area contributed by atoms with Gasteiger partial charge in [0.25, 0.3) is 5.91 Å². The molecule has 1 atom stereocenters. The van der Waals surface area contributed by atoms with Crippen LogP contribution in [-0.4, -0.2) is 11.0 Å². The fourth-order valence-corrected chi connectivity index (χ4v) is 3.14. The van der Waals surface area contributed by atoms with Crippen molar-refractivity contribution in [1.82, 2.24) is 5.32 Å². The molecule has 0 fully saturated rings. The highest BCUT2D eigenvalue weighted by Crippen LogP contribution is 2.27. The summed E-state index contributed by atoms with van der Waals surface area (Å²) >= 11 is 11.2. The minimum absolute atomic E-state index is 0.185. The molecule has 0 aliphatic carbocycles. The van der Waals surface area contributed by atoms with Crippen LogP contribution in [0.4, 0.5) is 5.69 Å². The molecule has 2 N–H and O–H groups in total. The first-order chi connectivity index (χ1) is 13.5. The third kappa shape index (κ3) is 4.80. The van der Waals surface area contributed by atoms with Crippen LogP contribution in [0.15, 0.2) is 65.1 Å². The molecule has 0 aliphatic heterocycles. The second-order valence-corrected chi connectivity index (χ2v) is 7.32. The summed E-state index contributed by atoms with van der Waals surface area (Å²) in [6.07, 6.45) is 1.01. The van der Waals surface area contributed by atoms with Crippen LogP contribution in [-0.2, 0) is 0 Å². The first kappa shape index (κ1) is 20.1. The Hall–Kier alpha value is -2.63. The van der Waals surface area contributed by atoms with Crippen molar-refractivity contribution >= 4 is 40.5 Å². The van der Waals surface area contributed by atoms with Crippen LogP contribution < -0.4 is 10.6 Å². The Morgan fingerprint density at radius 1 is 1.11 bits per heavy atom. The van der Waals surface area contributed by atoms with E-state index in [-0.39, 0.29) is 10.9 Å². The fraction of sp³-hybridized carbons (Fsp3) is 0.182. The average molecular weight is 413 g/mol. The van der Waals surface area contributed by atoms with E-state index in [0.717, 1.165) is 23.2 Å². The van der Waals surface area contributed by atoms with Crippen molar-refractivity contribution in [2.75, 3.05) is 5.32 Å². The maximum atomic E-state index is 12.5. The molecule has 1 amide bonds. The zero-order chi connectivity index (χ0) is 20.1. The molecule has 1 heterocycles. The number of rotatable bonds is 5. The van der Waals surface area contributed by atoms with Gasteiger partial charge in [0.05, 0.1) is 0 Å². The lowest BCUT2D eigenvalue weighted by atomic mass is 9.97. The molecule has 0 spiro atoms. The molecule has 0 unspecified atom stereocenters. The quantitative estimate of drug-likeness (QED) is 0.487. The van der Waals surface area contributed by atoms with Crippen molar-refractivity contribution in [3.63, 3.8) is 0 Å². The van der Waals surface area contributed by atoms with Gasteiger partial charge in [-0.1, -0.05) is 43.6 Å². The highest BCUT2D eigenvalue weighted by Gasteiger charge is 2.15. The van der Waals surface area contributed by atoms with Gasteiger partial charge in [0, 0.05) is 16.3 Å². The van der Waals surface area contributed by atoms with Crippen molar-refractivity contribution in [2.45, 2.75) is 26.2 Å².